The Balaban J connectivity index is 2.25. The largest absolute Gasteiger partial charge is 0.384 e. The molecule has 0 fully saturated rings. The van der Waals surface area contributed by atoms with Crippen molar-refractivity contribution in [2.45, 2.75) is 6.10 Å². The molecule has 0 aliphatic carbocycles. The number of aliphatic hydroxyl groups excluding tert-OH is 1. The number of fused-ring (bicyclic) bond motifs is 2. The summed E-state index contributed by atoms with van der Waals surface area (Å²) >= 11 is 0. The van der Waals surface area contributed by atoms with Crippen molar-refractivity contribution >= 4 is 11.6 Å². The zero-order chi connectivity index (χ0) is 13.4. The van der Waals surface area contributed by atoms with Gasteiger partial charge in [-0.15, -0.1) is 0 Å². The predicted octanol–water partition coefficient (Wildman–Crippen LogP) is 2.21. The average molecular weight is 250 g/mol. The maximum absolute atomic E-state index is 12.1. The molecule has 2 N–H and O–H groups in total. The fourth-order valence-electron chi connectivity index (χ4n) is 2.27. The second-order valence-electron chi connectivity index (χ2n) is 4.36. The van der Waals surface area contributed by atoms with Crippen molar-refractivity contribution in [2.24, 2.45) is 0 Å². The standard InChI is InChI=1S/C15H10N2O2/c16-8-9-5-6-13-12(7-9)14(18)10-3-1-2-4-11(10)15(19)17-13/h1-7,14,18H,(H,17,19). The molecule has 0 saturated heterocycles. The van der Waals surface area contributed by atoms with E-state index in [2.05, 4.69) is 5.32 Å². The Morgan fingerprint density at radius 2 is 1.95 bits per heavy atom. The molecule has 4 heteroatoms. The number of nitrogens with one attached hydrogen (secondary N) is 1. The van der Waals surface area contributed by atoms with E-state index in [1.54, 1.807) is 42.5 Å². The summed E-state index contributed by atoms with van der Waals surface area (Å²) in [6.07, 6.45) is -0.918. The van der Waals surface area contributed by atoms with Crippen molar-refractivity contribution in [3.63, 3.8) is 0 Å². The van der Waals surface area contributed by atoms with E-state index in [9.17, 15) is 9.90 Å². The van der Waals surface area contributed by atoms with Crippen molar-refractivity contribution in [1.82, 2.24) is 0 Å². The van der Waals surface area contributed by atoms with Gasteiger partial charge in [-0.25, -0.2) is 0 Å². The summed E-state index contributed by atoms with van der Waals surface area (Å²) in [6, 6.07) is 13.8. The second-order valence-corrected chi connectivity index (χ2v) is 4.36. The van der Waals surface area contributed by atoms with E-state index in [0.29, 0.717) is 27.9 Å². The molecule has 19 heavy (non-hydrogen) atoms. The van der Waals surface area contributed by atoms with Gasteiger partial charge in [-0.1, -0.05) is 18.2 Å². The molecule has 0 saturated carbocycles. The minimum Gasteiger partial charge on any atom is -0.384 e. The van der Waals surface area contributed by atoms with Crippen LogP contribution in [0.25, 0.3) is 0 Å². The molecule has 2 aromatic carbocycles. The monoisotopic (exact) mass is 250 g/mol. The number of hydrogen-bond donors (Lipinski definition) is 2. The van der Waals surface area contributed by atoms with Gasteiger partial charge in [-0.05, 0) is 29.8 Å². The molecule has 1 atom stereocenters. The molecule has 1 aliphatic heterocycles. The van der Waals surface area contributed by atoms with Crippen LogP contribution in [0.4, 0.5) is 5.69 Å². The van der Waals surface area contributed by atoms with Crippen LogP contribution in [0, 0.1) is 11.3 Å². The average Bonchev–Trinajstić information content (AvgIpc) is 2.56. The van der Waals surface area contributed by atoms with Gasteiger partial charge in [0.05, 0.1) is 11.6 Å². The summed E-state index contributed by atoms with van der Waals surface area (Å²) in [7, 11) is 0. The van der Waals surface area contributed by atoms with Crippen molar-refractivity contribution in [3.8, 4) is 6.07 Å². The van der Waals surface area contributed by atoms with Gasteiger partial charge in [0.1, 0.15) is 6.10 Å². The molecule has 0 aromatic heterocycles. The summed E-state index contributed by atoms with van der Waals surface area (Å²) in [5, 5.41) is 22.1. The lowest BCUT2D eigenvalue weighted by atomic mass is 9.96. The first-order valence-corrected chi connectivity index (χ1v) is 5.83. The maximum atomic E-state index is 12.1. The molecule has 1 aliphatic rings. The van der Waals surface area contributed by atoms with Crippen LogP contribution in [-0.4, -0.2) is 11.0 Å². The fourth-order valence-corrected chi connectivity index (χ4v) is 2.27. The molecular formula is C15H10N2O2. The number of amides is 1. The van der Waals surface area contributed by atoms with Crippen LogP contribution in [0.2, 0.25) is 0 Å². The lowest BCUT2D eigenvalue weighted by Crippen LogP contribution is -2.11. The first-order valence-electron chi connectivity index (χ1n) is 5.83. The van der Waals surface area contributed by atoms with Gasteiger partial charge in [0.25, 0.3) is 5.91 Å². The van der Waals surface area contributed by atoms with Crippen molar-refractivity contribution in [1.29, 1.82) is 5.26 Å². The third-order valence-electron chi connectivity index (χ3n) is 3.22. The first-order chi connectivity index (χ1) is 9.20. The minimum atomic E-state index is -0.918. The number of carbonyl (C=O) groups is 1. The van der Waals surface area contributed by atoms with Crippen LogP contribution in [-0.2, 0) is 0 Å². The number of nitrogens with zero attached hydrogens (tertiary/aromatic N) is 1. The van der Waals surface area contributed by atoms with Crippen LogP contribution < -0.4 is 5.32 Å². The van der Waals surface area contributed by atoms with Crippen LogP contribution >= 0.6 is 0 Å². The number of rotatable bonds is 0. The number of nitriles is 1. The number of anilines is 1. The van der Waals surface area contributed by atoms with E-state index in [4.69, 9.17) is 5.26 Å². The highest BCUT2D eigenvalue weighted by atomic mass is 16.3. The molecule has 2 aromatic rings. The SMILES string of the molecule is N#Cc1ccc2c(c1)C(O)c1ccccc1C(=O)N2. The lowest BCUT2D eigenvalue weighted by Gasteiger charge is -2.13. The molecule has 0 spiro atoms. The van der Waals surface area contributed by atoms with E-state index in [1.165, 1.54) is 0 Å². The molecule has 1 heterocycles. The van der Waals surface area contributed by atoms with Gasteiger partial charge in [0, 0.05) is 16.8 Å². The van der Waals surface area contributed by atoms with Crippen molar-refractivity contribution in [2.75, 3.05) is 5.32 Å². The Morgan fingerprint density at radius 1 is 1.16 bits per heavy atom. The zero-order valence-electron chi connectivity index (χ0n) is 9.92. The van der Waals surface area contributed by atoms with E-state index in [-0.39, 0.29) is 5.91 Å². The highest BCUT2D eigenvalue weighted by Crippen LogP contribution is 2.34. The first kappa shape index (κ1) is 11.5. The molecule has 92 valence electrons. The quantitative estimate of drug-likeness (QED) is 0.752. The molecule has 0 bridgehead atoms. The topological polar surface area (TPSA) is 73.1 Å². The molecular weight excluding hydrogens is 240 g/mol. The van der Waals surface area contributed by atoms with E-state index >= 15 is 0 Å². The molecule has 0 radical (unpaired) electrons. The maximum Gasteiger partial charge on any atom is 0.256 e. The summed E-state index contributed by atoms with van der Waals surface area (Å²) in [4.78, 5) is 12.1. The highest BCUT2D eigenvalue weighted by Gasteiger charge is 2.25. The Bertz CT molecular complexity index is 716. The van der Waals surface area contributed by atoms with Crippen LogP contribution in [0.5, 0.6) is 0 Å². The third kappa shape index (κ3) is 1.77. The van der Waals surface area contributed by atoms with Crippen LogP contribution in [0.15, 0.2) is 42.5 Å². The minimum absolute atomic E-state index is 0.252. The number of hydrogen-bond acceptors (Lipinski definition) is 3. The predicted molar refractivity (Wildman–Crippen MR) is 69.6 cm³/mol. The van der Waals surface area contributed by atoms with Crippen LogP contribution in [0.1, 0.15) is 33.2 Å². The molecule has 1 amide bonds. The Hall–Kier alpha value is -2.64. The van der Waals surface area contributed by atoms with Crippen molar-refractivity contribution < 1.29 is 9.90 Å². The van der Waals surface area contributed by atoms with Gasteiger partial charge in [-0.3, -0.25) is 4.79 Å². The summed E-state index contributed by atoms with van der Waals surface area (Å²) in [5.41, 5.74) is 2.52. The Labute approximate surface area is 109 Å². The van der Waals surface area contributed by atoms with E-state index in [1.807, 2.05) is 6.07 Å². The number of benzene rings is 2. The third-order valence-corrected chi connectivity index (χ3v) is 3.22. The van der Waals surface area contributed by atoms with Gasteiger partial charge < -0.3 is 10.4 Å². The highest BCUT2D eigenvalue weighted by molar-refractivity contribution is 6.07. The molecule has 3 rings (SSSR count). The fraction of sp³-hybridized carbons (Fsp3) is 0.0667. The van der Waals surface area contributed by atoms with Gasteiger partial charge in [-0.2, -0.15) is 5.26 Å². The lowest BCUT2D eigenvalue weighted by molar-refractivity contribution is 0.102. The second kappa shape index (κ2) is 4.23. The molecule has 1 unspecified atom stereocenters. The van der Waals surface area contributed by atoms with Gasteiger partial charge >= 0.3 is 0 Å². The Kier molecular flexibility index (Phi) is 2.55. The number of aliphatic hydroxyl groups is 1. The normalized spacial score (nSPS) is 16.6. The molecule has 4 nitrogen and oxygen atoms in total. The zero-order valence-corrected chi connectivity index (χ0v) is 9.92. The summed E-state index contributed by atoms with van der Waals surface area (Å²) < 4.78 is 0. The van der Waals surface area contributed by atoms with Gasteiger partial charge in [0.15, 0.2) is 0 Å². The number of carbonyl (C=O) groups excluding carboxylic acids is 1. The smallest absolute Gasteiger partial charge is 0.256 e. The summed E-state index contributed by atoms with van der Waals surface area (Å²) in [6.45, 7) is 0. The summed E-state index contributed by atoms with van der Waals surface area (Å²) in [5.74, 6) is -0.252. The van der Waals surface area contributed by atoms with E-state index < -0.39 is 6.10 Å². The van der Waals surface area contributed by atoms with Gasteiger partial charge in [0.2, 0.25) is 0 Å². The van der Waals surface area contributed by atoms with Crippen LogP contribution in [0.3, 0.4) is 0 Å². The Morgan fingerprint density at radius 3 is 2.74 bits per heavy atom. The van der Waals surface area contributed by atoms with E-state index in [0.717, 1.165) is 0 Å². The van der Waals surface area contributed by atoms with Crippen molar-refractivity contribution in [3.05, 3.63) is 64.7 Å².